The largest absolute Gasteiger partial charge is 0.391 e. The first-order valence-corrected chi connectivity index (χ1v) is 6.53. The number of carbonyl (C=O) groups is 1. The Bertz CT molecular complexity index is 548. The fourth-order valence-electron chi connectivity index (χ4n) is 2.39. The molecule has 1 aromatic carbocycles. The standard InChI is InChI=1S/C13H13F3N2OS/c14-8-5-7(6-9(15)10(8)16)11(19)18-13(12(17)20)3-1-2-4-13/h5-6H,1-4H2,(H2,17,20)(H,18,19). The van der Waals surface area contributed by atoms with Gasteiger partial charge in [-0.25, -0.2) is 13.2 Å². The van der Waals surface area contributed by atoms with Gasteiger partial charge in [0, 0.05) is 5.56 Å². The molecule has 0 bridgehead atoms. The molecule has 1 aliphatic rings. The summed E-state index contributed by atoms with van der Waals surface area (Å²) in [5.41, 5.74) is 4.52. The van der Waals surface area contributed by atoms with Gasteiger partial charge < -0.3 is 11.1 Å². The second-order valence-corrected chi connectivity index (χ2v) is 5.30. The van der Waals surface area contributed by atoms with E-state index in [4.69, 9.17) is 18.0 Å². The Morgan fingerprint density at radius 3 is 2.15 bits per heavy atom. The van der Waals surface area contributed by atoms with Crippen LogP contribution in [-0.4, -0.2) is 16.4 Å². The number of amides is 1. The number of rotatable bonds is 3. The van der Waals surface area contributed by atoms with Crippen LogP contribution in [0.4, 0.5) is 13.2 Å². The Hall–Kier alpha value is -1.63. The van der Waals surface area contributed by atoms with Gasteiger partial charge in [-0.3, -0.25) is 4.79 Å². The summed E-state index contributed by atoms with van der Waals surface area (Å²) in [5, 5.41) is 2.62. The van der Waals surface area contributed by atoms with Gasteiger partial charge >= 0.3 is 0 Å². The molecule has 0 heterocycles. The van der Waals surface area contributed by atoms with Crippen molar-refractivity contribution < 1.29 is 18.0 Å². The molecule has 0 atom stereocenters. The molecule has 20 heavy (non-hydrogen) atoms. The van der Waals surface area contributed by atoms with E-state index in [9.17, 15) is 18.0 Å². The van der Waals surface area contributed by atoms with Crippen molar-refractivity contribution in [2.24, 2.45) is 5.73 Å². The predicted molar refractivity (Wildman–Crippen MR) is 71.8 cm³/mol. The van der Waals surface area contributed by atoms with Gasteiger partial charge in [0.15, 0.2) is 17.5 Å². The summed E-state index contributed by atoms with van der Waals surface area (Å²) in [6.07, 6.45) is 2.87. The minimum Gasteiger partial charge on any atom is -0.391 e. The van der Waals surface area contributed by atoms with Crippen LogP contribution in [0.1, 0.15) is 36.0 Å². The summed E-state index contributed by atoms with van der Waals surface area (Å²) in [4.78, 5) is 12.2. The molecule has 2 rings (SSSR count). The van der Waals surface area contributed by atoms with E-state index in [0.29, 0.717) is 25.0 Å². The number of hydrogen-bond donors (Lipinski definition) is 2. The van der Waals surface area contributed by atoms with Gasteiger partial charge in [-0.05, 0) is 25.0 Å². The number of thiocarbonyl (C=S) groups is 1. The van der Waals surface area contributed by atoms with Crippen molar-refractivity contribution in [2.45, 2.75) is 31.2 Å². The van der Waals surface area contributed by atoms with Crippen molar-refractivity contribution in [3.8, 4) is 0 Å². The van der Waals surface area contributed by atoms with E-state index < -0.39 is 28.9 Å². The summed E-state index contributed by atoms with van der Waals surface area (Å²) in [6, 6.07) is 1.30. The van der Waals surface area contributed by atoms with Crippen LogP contribution < -0.4 is 11.1 Å². The van der Waals surface area contributed by atoms with E-state index in [0.717, 1.165) is 12.8 Å². The summed E-state index contributed by atoms with van der Waals surface area (Å²) < 4.78 is 39.1. The molecule has 0 saturated heterocycles. The van der Waals surface area contributed by atoms with Crippen LogP contribution in [0.15, 0.2) is 12.1 Å². The third kappa shape index (κ3) is 2.63. The summed E-state index contributed by atoms with van der Waals surface area (Å²) >= 11 is 4.96. The lowest BCUT2D eigenvalue weighted by Gasteiger charge is -2.29. The lowest BCUT2D eigenvalue weighted by Crippen LogP contribution is -2.54. The van der Waals surface area contributed by atoms with E-state index in [1.165, 1.54) is 0 Å². The topological polar surface area (TPSA) is 55.1 Å². The average molecular weight is 302 g/mol. The second-order valence-electron chi connectivity index (χ2n) is 4.86. The number of benzene rings is 1. The number of halogens is 3. The maximum Gasteiger partial charge on any atom is 0.252 e. The number of nitrogens with one attached hydrogen (secondary N) is 1. The van der Waals surface area contributed by atoms with E-state index in [1.54, 1.807) is 0 Å². The molecule has 108 valence electrons. The zero-order chi connectivity index (χ0) is 14.9. The molecule has 1 amide bonds. The van der Waals surface area contributed by atoms with E-state index >= 15 is 0 Å². The molecule has 7 heteroatoms. The smallest absolute Gasteiger partial charge is 0.252 e. The van der Waals surface area contributed by atoms with Crippen LogP contribution in [-0.2, 0) is 0 Å². The van der Waals surface area contributed by atoms with Crippen LogP contribution in [0.5, 0.6) is 0 Å². The van der Waals surface area contributed by atoms with Gasteiger partial charge in [-0.15, -0.1) is 0 Å². The fraction of sp³-hybridized carbons (Fsp3) is 0.385. The molecule has 0 aromatic heterocycles. The maximum absolute atomic E-state index is 13.1. The highest BCUT2D eigenvalue weighted by molar-refractivity contribution is 7.80. The van der Waals surface area contributed by atoms with Crippen molar-refractivity contribution in [1.29, 1.82) is 0 Å². The summed E-state index contributed by atoms with van der Waals surface area (Å²) in [5.74, 6) is -5.15. The molecule has 3 nitrogen and oxygen atoms in total. The van der Waals surface area contributed by atoms with E-state index in [-0.39, 0.29) is 10.6 Å². The van der Waals surface area contributed by atoms with Crippen LogP contribution in [0.3, 0.4) is 0 Å². The van der Waals surface area contributed by atoms with Crippen molar-refractivity contribution in [2.75, 3.05) is 0 Å². The highest BCUT2D eigenvalue weighted by atomic mass is 32.1. The molecule has 1 aliphatic carbocycles. The Balaban J connectivity index is 2.26. The van der Waals surface area contributed by atoms with E-state index in [2.05, 4.69) is 5.32 Å². The SMILES string of the molecule is NC(=S)C1(NC(=O)c2cc(F)c(F)c(F)c2)CCCC1. The van der Waals surface area contributed by atoms with Gasteiger partial charge in [0.1, 0.15) is 0 Å². The molecular formula is C13H13F3N2OS. The third-order valence-corrected chi connectivity index (χ3v) is 3.92. The molecule has 0 unspecified atom stereocenters. The number of nitrogens with two attached hydrogens (primary N) is 1. The number of carbonyl (C=O) groups excluding carboxylic acids is 1. The van der Waals surface area contributed by atoms with Gasteiger partial charge in [-0.2, -0.15) is 0 Å². The van der Waals surface area contributed by atoms with Crippen molar-refractivity contribution in [3.05, 3.63) is 35.1 Å². The number of hydrogen-bond acceptors (Lipinski definition) is 2. The van der Waals surface area contributed by atoms with Gasteiger partial charge in [0.2, 0.25) is 0 Å². The lowest BCUT2D eigenvalue weighted by molar-refractivity contribution is 0.0923. The quantitative estimate of drug-likeness (QED) is 0.666. The van der Waals surface area contributed by atoms with Gasteiger partial charge in [0.25, 0.3) is 5.91 Å². The average Bonchev–Trinajstić information content (AvgIpc) is 2.85. The molecule has 0 radical (unpaired) electrons. The zero-order valence-corrected chi connectivity index (χ0v) is 11.3. The molecule has 3 N–H and O–H groups in total. The van der Waals surface area contributed by atoms with Crippen molar-refractivity contribution >= 4 is 23.1 Å². The first-order valence-electron chi connectivity index (χ1n) is 6.13. The summed E-state index contributed by atoms with van der Waals surface area (Å²) in [6.45, 7) is 0. The zero-order valence-electron chi connectivity index (χ0n) is 10.5. The van der Waals surface area contributed by atoms with Gasteiger partial charge in [-0.1, -0.05) is 25.1 Å². The first kappa shape index (κ1) is 14.8. The molecular weight excluding hydrogens is 289 g/mol. The highest BCUT2D eigenvalue weighted by Crippen LogP contribution is 2.30. The van der Waals surface area contributed by atoms with Crippen LogP contribution in [0, 0.1) is 17.5 Å². The van der Waals surface area contributed by atoms with Crippen LogP contribution in [0.25, 0.3) is 0 Å². The Kier molecular flexibility index (Phi) is 3.99. The van der Waals surface area contributed by atoms with Crippen molar-refractivity contribution in [1.82, 2.24) is 5.32 Å². The maximum atomic E-state index is 13.1. The molecule has 1 fully saturated rings. The third-order valence-electron chi connectivity index (χ3n) is 3.53. The Labute approximate surface area is 119 Å². The van der Waals surface area contributed by atoms with Crippen molar-refractivity contribution in [3.63, 3.8) is 0 Å². The molecule has 0 aliphatic heterocycles. The predicted octanol–water partition coefficient (Wildman–Crippen LogP) is 2.43. The second kappa shape index (κ2) is 5.40. The first-order chi connectivity index (χ1) is 9.35. The van der Waals surface area contributed by atoms with Crippen LogP contribution >= 0.6 is 12.2 Å². The minimum absolute atomic E-state index is 0.145. The Morgan fingerprint density at radius 2 is 1.70 bits per heavy atom. The monoisotopic (exact) mass is 302 g/mol. The highest BCUT2D eigenvalue weighted by Gasteiger charge is 2.38. The normalized spacial score (nSPS) is 16.9. The van der Waals surface area contributed by atoms with E-state index in [1.807, 2.05) is 0 Å². The molecule has 0 spiro atoms. The lowest BCUT2D eigenvalue weighted by atomic mass is 9.97. The summed E-state index contributed by atoms with van der Waals surface area (Å²) in [7, 11) is 0. The molecule has 1 saturated carbocycles. The van der Waals surface area contributed by atoms with Gasteiger partial charge in [0.05, 0.1) is 10.5 Å². The molecule has 1 aromatic rings. The fourth-order valence-corrected chi connectivity index (χ4v) is 2.64. The minimum atomic E-state index is -1.61. The Morgan fingerprint density at radius 1 is 1.20 bits per heavy atom. The van der Waals surface area contributed by atoms with Crippen LogP contribution in [0.2, 0.25) is 0 Å².